The predicted molar refractivity (Wildman–Crippen MR) is 116 cm³/mol. The van der Waals surface area contributed by atoms with E-state index in [-0.39, 0.29) is 16.5 Å². The minimum absolute atomic E-state index is 0.101. The van der Waals surface area contributed by atoms with Gasteiger partial charge in [0.05, 0.1) is 22.6 Å². The summed E-state index contributed by atoms with van der Waals surface area (Å²) in [6.07, 6.45) is -10.3. The number of anilines is 1. The van der Waals surface area contributed by atoms with Gasteiger partial charge in [-0.3, -0.25) is 4.79 Å². The molecule has 0 aromatic heterocycles. The number of carbonyl (C=O) groups is 1. The Hall–Kier alpha value is -3.45. The molecule has 0 fully saturated rings. The number of hydrogen-bond acceptors (Lipinski definition) is 3. The van der Waals surface area contributed by atoms with Crippen LogP contribution >= 0.6 is 0 Å². The van der Waals surface area contributed by atoms with Gasteiger partial charge in [0, 0.05) is 12.2 Å². The lowest BCUT2D eigenvalue weighted by Gasteiger charge is -2.22. The van der Waals surface area contributed by atoms with Gasteiger partial charge in [0.1, 0.15) is 5.82 Å². The zero-order valence-corrected chi connectivity index (χ0v) is 18.9. The van der Waals surface area contributed by atoms with Crippen LogP contribution < -0.4 is 5.32 Å². The lowest BCUT2D eigenvalue weighted by atomic mass is 10.1. The summed E-state index contributed by atoms with van der Waals surface area (Å²) in [5.74, 6) is -1.79. The number of carbonyl (C=O) groups excluding carboxylic acids is 1. The first kappa shape index (κ1) is 27.1. The van der Waals surface area contributed by atoms with Gasteiger partial charge >= 0.3 is 12.4 Å². The quantitative estimate of drug-likeness (QED) is 0.396. The molecular weight excluding hydrogens is 517 g/mol. The summed E-state index contributed by atoms with van der Waals surface area (Å²) in [5.41, 5.74) is -3.83. The van der Waals surface area contributed by atoms with Crippen LogP contribution in [0.25, 0.3) is 0 Å². The molecule has 3 aromatic carbocycles. The van der Waals surface area contributed by atoms with Crippen LogP contribution in [-0.4, -0.2) is 25.2 Å². The molecule has 0 spiro atoms. The zero-order valence-electron chi connectivity index (χ0n) is 18.1. The van der Waals surface area contributed by atoms with Gasteiger partial charge in [-0.2, -0.15) is 30.6 Å². The van der Waals surface area contributed by atoms with E-state index < -0.39 is 64.0 Å². The van der Waals surface area contributed by atoms with E-state index in [4.69, 9.17) is 0 Å². The Morgan fingerprint density at radius 1 is 0.806 bits per heavy atom. The maximum atomic E-state index is 13.3. The Morgan fingerprint density at radius 3 is 1.83 bits per heavy atom. The van der Waals surface area contributed by atoms with Crippen LogP contribution in [0.15, 0.2) is 77.7 Å². The van der Waals surface area contributed by atoms with E-state index in [1.54, 1.807) is 6.07 Å². The molecule has 13 heteroatoms. The summed E-state index contributed by atoms with van der Waals surface area (Å²) in [7, 11) is -4.34. The van der Waals surface area contributed by atoms with Gasteiger partial charge in [0.15, 0.2) is 0 Å². The Bertz CT molecular complexity index is 1290. The highest BCUT2D eigenvalue weighted by molar-refractivity contribution is 7.89. The molecule has 0 aliphatic heterocycles. The lowest BCUT2D eigenvalue weighted by molar-refractivity contribution is -0.143. The van der Waals surface area contributed by atoms with Crippen molar-refractivity contribution in [1.82, 2.24) is 4.31 Å². The minimum Gasteiger partial charge on any atom is -0.325 e. The molecule has 0 aliphatic carbocycles. The van der Waals surface area contributed by atoms with Crippen molar-refractivity contribution in [2.45, 2.75) is 23.8 Å². The summed E-state index contributed by atoms with van der Waals surface area (Å²) in [5, 5.41) is 1.91. The van der Waals surface area contributed by atoms with E-state index in [0.29, 0.717) is 16.4 Å². The van der Waals surface area contributed by atoms with Crippen LogP contribution in [0.5, 0.6) is 0 Å². The lowest BCUT2D eigenvalue weighted by Crippen LogP contribution is -2.37. The maximum Gasteiger partial charge on any atom is 0.416 e. The normalized spacial score (nSPS) is 12.6. The second kappa shape index (κ2) is 10.3. The van der Waals surface area contributed by atoms with Crippen LogP contribution in [0.2, 0.25) is 0 Å². The smallest absolute Gasteiger partial charge is 0.325 e. The number of nitrogens with one attached hydrogen (secondary N) is 1. The van der Waals surface area contributed by atoms with Gasteiger partial charge in [0.2, 0.25) is 15.9 Å². The van der Waals surface area contributed by atoms with Crippen molar-refractivity contribution in [3.8, 4) is 0 Å². The number of sulfonamides is 1. The SMILES string of the molecule is O=C(CN(Cc1ccc(F)cc1)S(=O)(=O)c1ccccc1)Nc1cc(C(F)(F)F)cc(C(F)(F)F)c1. The van der Waals surface area contributed by atoms with Crippen molar-refractivity contribution in [3.63, 3.8) is 0 Å². The van der Waals surface area contributed by atoms with Gasteiger partial charge in [-0.1, -0.05) is 30.3 Å². The summed E-state index contributed by atoms with van der Waals surface area (Å²) in [6, 6.07) is 12.0. The molecular formula is C23H17F7N2O3S. The van der Waals surface area contributed by atoms with Gasteiger partial charge in [-0.05, 0) is 48.0 Å². The summed E-state index contributed by atoms with van der Waals surface area (Å²) in [4.78, 5) is 12.4. The molecule has 0 saturated heterocycles. The average Bonchev–Trinajstić information content (AvgIpc) is 2.79. The summed E-state index contributed by atoms with van der Waals surface area (Å²) >= 11 is 0. The molecule has 1 amide bonds. The fourth-order valence-electron chi connectivity index (χ4n) is 3.15. The highest BCUT2D eigenvalue weighted by Crippen LogP contribution is 2.37. The Balaban J connectivity index is 1.93. The number of benzene rings is 3. The van der Waals surface area contributed by atoms with Crippen molar-refractivity contribution in [1.29, 1.82) is 0 Å². The van der Waals surface area contributed by atoms with Crippen LogP contribution in [-0.2, 0) is 33.7 Å². The molecule has 0 unspecified atom stereocenters. The van der Waals surface area contributed by atoms with E-state index in [2.05, 4.69) is 0 Å². The Morgan fingerprint density at radius 2 is 1.33 bits per heavy atom. The van der Waals surface area contributed by atoms with E-state index in [1.165, 1.54) is 36.4 Å². The molecule has 1 N–H and O–H groups in total. The topological polar surface area (TPSA) is 66.5 Å². The standard InChI is InChI=1S/C23H17F7N2O3S/c24-18-8-6-15(7-9-18)13-32(36(34,35)20-4-2-1-3-5-20)14-21(33)31-19-11-16(22(25,26)27)10-17(12-19)23(28,29)30/h1-12H,13-14H2,(H,31,33). The predicted octanol–water partition coefficient (Wildman–Crippen LogP) is 5.69. The molecule has 0 radical (unpaired) electrons. The molecule has 36 heavy (non-hydrogen) atoms. The number of amides is 1. The van der Waals surface area contributed by atoms with E-state index in [9.17, 15) is 43.9 Å². The number of nitrogens with zero attached hydrogens (tertiary/aromatic N) is 1. The number of alkyl halides is 6. The van der Waals surface area contributed by atoms with Gasteiger partial charge in [-0.15, -0.1) is 0 Å². The number of halogens is 7. The Kier molecular flexibility index (Phi) is 7.74. The summed E-state index contributed by atoms with van der Waals surface area (Å²) < 4.78 is 119. The van der Waals surface area contributed by atoms with E-state index in [1.807, 2.05) is 5.32 Å². The first-order chi connectivity index (χ1) is 16.7. The van der Waals surface area contributed by atoms with E-state index in [0.717, 1.165) is 12.1 Å². The van der Waals surface area contributed by atoms with Crippen LogP contribution in [0, 0.1) is 5.82 Å². The molecule has 0 heterocycles. The average molecular weight is 534 g/mol. The molecule has 192 valence electrons. The number of hydrogen-bond donors (Lipinski definition) is 1. The van der Waals surface area contributed by atoms with Crippen molar-refractivity contribution in [3.05, 3.63) is 95.3 Å². The number of rotatable bonds is 7. The third kappa shape index (κ3) is 6.82. The molecule has 0 saturated carbocycles. The first-order valence-electron chi connectivity index (χ1n) is 10.1. The molecule has 3 rings (SSSR count). The fourth-order valence-corrected chi connectivity index (χ4v) is 4.55. The maximum absolute atomic E-state index is 13.3. The third-order valence-electron chi connectivity index (χ3n) is 4.84. The van der Waals surface area contributed by atoms with Gasteiger partial charge < -0.3 is 5.32 Å². The van der Waals surface area contributed by atoms with Crippen molar-refractivity contribution >= 4 is 21.6 Å². The zero-order chi connectivity index (χ0) is 26.7. The second-order valence-corrected chi connectivity index (χ2v) is 9.49. The Labute approximate surface area is 201 Å². The van der Waals surface area contributed by atoms with Gasteiger partial charge in [-0.25, -0.2) is 12.8 Å². The minimum atomic E-state index is -5.13. The van der Waals surface area contributed by atoms with Crippen molar-refractivity contribution in [2.24, 2.45) is 0 Å². The fraction of sp³-hybridized carbons (Fsp3) is 0.174. The van der Waals surface area contributed by atoms with Crippen LogP contribution in [0.4, 0.5) is 36.4 Å². The largest absolute Gasteiger partial charge is 0.416 e. The van der Waals surface area contributed by atoms with Crippen molar-refractivity contribution < 1.29 is 43.9 Å². The summed E-state index contributed by atoms with van der Waals surface area (Å²) in [6.45, 7) is -1.38. The monoisotopic (exact) mass is 534 g/mol. The molecule has 0 bridgehead atoms. The highest BCUT2D eigenvalue weighted by Gasteiger charge is 2.37. The van der Waals surface area contributed by atoms with Gasteiger partial charge in [0.25, 0.3) is 0 Å². The molecule has 0 atom stereocenters. The molecule has 3 aromatic rings. The van der Waals surface area contributed by atoms with Crippen LogP contribution in [0.1, 0.15) is 16.7 Å². The van der Waals surface area contributed by atoms with E-state index >= 15 is 0 Å². The highest BCUT2D eigenvalue weighted by atomic mass is 32.2. The third-order valence-corrected chi connectivity index (χ3v) is 6.65. The van der Waals surface area contributed by atoms with Crippen molar-refractivity contribution in [2.75, 3.05) is 11.9 Å². The second-order valence-electron chi connectivity index (χ2n) is 7.56. The van der Waals surface area contributed by atoms with Crippen LogP contribution in [0.3, 0.4) is 0 Å². The first-order valence-corrected chi connectivity index (χ1v) is 11.5. The molecule has 0 aliphatic rings. The molecule has 5 nitrogen and oxygen atoms in total.